The van der Waals surface area contributed by atoms with Crippen molar-refractivity contribution in [2.75, 3.05) is 5.32 Å². The van der Waals surface area contributed by atoms with E-state index in [4.69, 9.17) is 0 Å². The molecule has 1 unspecified atom stereocenters. The van der Waals surface area contributed by atoms with Gasteiger partial charge in [-0.25, -0.2) is 0 Å². The van der Waals surface area contributed by atoms with Gasteiger partial charge in [-0.3, -0.25) is 9.78 Å². The molecule has 0 saturated heterocycles. The summed E-state index contributed by atoms with van der Waals surface area (Å²) < 4.78 is 0. The third kappa shape index (κ3) is 3.30. The molecule has 3 heteroatoms. The summed E-state index contributed by atoms with van der Waals surface area (Å²) >= 11 is 0. The van der Waals surface area contributed by atoms with E-state index in [1.807, 2.05) is 55.5 Å². The van der Waals surface area contributed by atoms with Crippen LogP contribution in [0.3, 0.4) is 0 Å². The molecule has 24 heavy (non-hydrogen) atoms. The van der Waals surface area contributed by atoms with Gasteiger partial charge >= 0.3 is 0 Å². The number of nitrogens with one attached hydrogen (secondary N) is 1. The molecule has 122 valence electrons. The van der Waals surface area contributed by atoms with Crippen LogP contribution in [-0.4, -0.2) is 10.9 Å². The maximum Gasteiger partial charge on any atom is 0.230 e. The fraction of sp³-hybridized carbons (Fsp3) is 0.238. The minimum atomic E-state index is -0.460. The van der Waals surface area contributed by atoms with E-state index in [0.29, 0.717) is 6.42 Å². The molecule has 3 aromatic rings. The minimum absolute atomic E-state index is 0.0343. The second kappa shape index (κ2) is 6.83. The highest BCUT2D eigenvalue weighted by Crippen LogP contribution is 2.30. The Balaban J connectivity index is 1.86. The molecule has 1 heterocycles. The third-order valence-electron chi connectivity index (χ3n) is 4.65. The lowest BCUT2D eigenvalue weighted by Gasteiger charge is -2.27. The number of pyridine rings is 1. The number of carbonyl (C=O) groups excluding carboxylic acids is 1. The number of carbonyl (C=O) groups is 1. The van der Waals surface area contributed by atoms with Crippen LogP contribution < -0.4 is 5.32 Å². The van der Waals surface area contributed by atoms with Crippen LogP contribution in [0.25, 0.3) is 10.9 Å². The van der Waals surface area contributed by atoms with Crippen LogP contribution in [0.2, 0.25) is 0 Å². The van der Waals surface area contributed by atoms with Gasteiger partial charge in [0.15, 0.2) is 0 Å². The van der Waals surface area contributed by atoms with Gasteiger partial charge in [0.1, 0.15) is 0 Å². The molecule has 3 rings (SSSR count). The van der Waals surface area contributed by atoms with Crippen molar-refractivity contribution < 1.29 is 4.79 Å². The number of benzene rings is 2. The van der Waals surface area contributed by atoms with Crippen LogP contribution in [0.5, 0.6) is 0 Å². The monoisotopic (exact) mass is 318 g/mol. The fourth-order valence-corrected chi connectivity index (χ4v) is 2.89. The number of hydrogen-bond acceptors (Lipinski definition) is 2. The SMILES string of the molecule is CCC(C)(Cc1ccccc1)C(=O)Nc1cccc2cccnc12. The molecule has 1 N–H and O–H groups in total. The highest BCUT2D eigenvalue weighted by atomic mass is 16.2. The zero-order valence-electron chi connectivity index (χ0n) is 14.1. The van der Waals surface area contributed by atoms with Crippen LogP contribution in [0.1, 0.15) is 25.8 Å². The number of anilines is 1. The van der Waals surface area contributed by atoms with Crippen molar-refractivity contribution in [3.63, 3.8) is 0 Å². The zero-order chi connectivity index (χ0) is 17.0. The van der Waals surface area contributed by atoms with E-state index in [1.165, 1.54) is 5.56 Å². The molecule has 0 spiro atoms. The Kier molecular flexibility index (Phi) is 4.61. The lowest BCUT2D eigenvalue weighted by molar-refractivity contribution is -0.124. The van der Waals surface area contributed by atoms with Crippen molar-refractivity contribution in [2.24, 2.45) is 5.41 Å². The average molecular weight is 318 g/mol. The summed E-state index contributed by atoms with van der Waals surface area (Å²) in [5, 5.41) is 4.12. The predicted octanol–water partition coefficient (Wildman–Crippen LogP) is 4.83. The van der Waals surface area contributed by atoms with Gasteiger partial charge in [-0.2, -0.15) is 0 Å². The standard InChI is InChI=1S/C21H22N2O/c1-3-21(2,15-16-9-5-4-6-10-16)20(24)23-18-13-7-11-17-12-8-14-22-19(17)18/h4-14H,3,15H2,1-2H3,(H,23,24). The second-order valence-electron chi connectivity index (χ2n) is 6.41. The Morgan fingerprint density at radius 1 is 1.04 bits per heavy atom. The Hall–Kier alpha value is -2.68. The van der Waals surface area contributed by atoms with Crippen molar-refractivity contribution >= 4 is 22.5 Å². The molecule has 1 atom stereocenters. The first-order valence-corrected chi connectivity index (χ1v) is 8.31. The fourth-order valence-electron chi connectivity index (χ4n) is 2.89. The van der Waals surface area contributed by atoms with Crippen molar-refractivity contribution in [2.45, 2.75) is 26.7 Å². The summed E-state index contributed by atoms with van der Waals surface area (Å²) in [5.74, 6) is 0.0343. The molecule has 3 nitrogen and oxygen atoms in total. The highest BCUT2D eigenvalue weighted by molar-refractivity contribution is 6.02. The topological polar surface area (TPSA) is 42.0 Å². The minimum Gasteiger partial charge on any atom is -0.324 e. The largest absolute Gasteiger partial charge is 0.324 e. The summed E-state index contributed by atoms with van der Waals surface area (Å²) in [6.45, 7) is 4.08. The third-order valence-corrected chi connectivity index (χ3v) is 4.65. The number of nitrogens with zero attached hydrogens (tertiary/aromatic N) is 1. The summed E-state index contributed by atoms with van der Waals surface area (Å²) in [4.78, 5) is 17.4. The van der Waals surface area contributed by atoms with Gasteiger partial charge in [-0.05, 0) is 30.5 Å². The van der Waals surface area contributed by atoms with E-state index in [0.717, 1.165) is 23.0 Å². The van der Waals surface area contributed by atoms with E-state index in [9.17, 15) is 4.79 Å². The van der Waals surface area contributed by atoms with Gasteiger partial charge in [-0.15, -0.1) is 0 Å². The van der Waals surface area contributed by atoms with Gasteiger partial charge in [0.05, 0.1) is 16.6 Å². The predicted molar refractivity (Wildman–Crippen MR) is 98.9 cm³/mol. The molecule has 0 aliphatic heterocycles. The van der Waals surface area contributed by atoms with E-state index in [1.54, 1.807) is 6.20 Å². The van der Waals surface area contributed by atoms with Crippen LogP contribution in [-0.2, 0) is 11.2 Å². The Bertz CT molecular complexity index is 839. The summed E-state index contributed by atoms with van der Waals surface area (Å²) in [5.41, 5.74) is 2.31. The van der Waals surface area contributed by atoms with E-state index >= 15 is 0 Å². The molecular formula is C21H22N2O. The molecule has 1 aromatic heterocycles. The maximum absolute atomic E-state index is 13.0. The smallest absolute Gasteiger partial charge is 0.230 e. The average Bonchev–Trinajstić information content (AvgIpc) is 2.62. The van der Waals surface area contributed by atoms with Crippen molar-refractivity contribution in [1.82, 2.24) is 4.98 Å². The summed E-state index contributed by atoms with van der Waals surface area (Å²) in [7, 11) is 0. The number of para-hydroxylation sites is 1. The first-order chi connectivity index (χ1) is 11.6. The molecular weight excluding hydrogens is 296 g/mol. The summed E-state index contributed by atoms with van der Waals surface area (Å²) in [6.07, 6.45) is 3.24. The maximum atomic E-state index is 13.0. The highest BCUT2D eigenvalue weighted by Gasteiger charge is 2.31. The quantitative estimate of drug-likeness (QED) is 0.732. The van der Waals surface area contributed by atoms with Gasteiger partial charge < -0.3 is 5.32 Å². The number of aromatic nitrogens is 1. The van der Waals surface area contributed by atoms with Crippen molar-refractivity contribution in [1.29, 1.82) is 0 Å². The summed E-state index contributed by atoms with van der Waals surface area (Å²) in [6, 6.07) is 19.9. The second-order valence-corrected chi connectivity index (χ2v) is 6.41. The normalized spacial score (nSPS) is 13.4. The van der Waals surface area contributed by atoms with Crippen LogP contribution in [0, 0.1) is 5.41 Å². The van der Waals surface area contributed by atoms with Crippen LogP contribution in [0.15, 0.2) is 66.9 Å². The van der Waals surface area contributed by atoms with Crippen molar-refractivity contribution in [3.05, 3.63) is 72.4 Å². The molecule has 0 aliphatic carbocycles. The van der Waals surface area contributed by atoms with Gasteiger partial charge in [0.2, 0.25) is 5.91 Å². The molecule has 0 saturated carbocycles. The van der Waals surface area contributed by atoms with Crippen LogP contribution >= 0.6 is 0 Å². The molecule has 2 aromatic carbocycles. The van der Waals surface area contributed by atoms with E-state index < -0.39 is 5.41 Å². The number of amides is 1. The number of hydrogen-bond donors (Lipinski definition) is 1. The molecule has 1 amide bonds. The first kappa shape index (κ1) is 16.2. The zero-order valence-corrected chi connectivity index (χ0v) is 14.1. The Labute approximate surface area is 142 Å². The lowest BCUT2D eigenvalue weighted by atomic mass is 9.80. The van der Waals surface area contributed by atoms with Gasteiger partial charge in [0, 0.05) is 11.6 Å². The Morgan fingerprint density at radius 2 is 1.79 bits per heavy atom. The molecule has 0 radical (unpaired) electrons. The van der Waals surface area contributed by atoms with E-state index in [-0.39, 0.29) is 5.91 Å². The van der Waals surface area contributed by atoms with Crippen LogP contribution in [0.4, 0.5) is 5.69 Å². The van der Waals surface area contributed by atoms with Crippen molar-refractivity contribution in [3.8, 4) is 0 Å². The number of fused-ring (bicyclic) bond motifs is 1. The van der Waals surface area contributed by atoms with E-state index in [2.05, 4.69) is 29.4 Å². The first-order valence-electron chi connectivity index (χ1n) is 8.31. The Morgan fingerprint density at radius 3 is 2.54 bits per heavy atom. The lowest BCUT2D eigenvalue weighted by Crippen LogP contribution is -2.35. The molecule has 0 fully saturated rings. The van der Waals surface area contributed by atoms with Gasteiger partial charge in [0.25, 0.3) is 0 Å². The molecule has 0 bridgehead atoms. The number of rotatable bonds is 5. The molecule has 0 aliphatic rings. The van der Waals surface area contributed by atoms with Gasteiger partial charge in [-0.1, -0.05) is 62.4 Å².